The lowest BCUT2D eigenvalue weighted by molar-refractivity contribution is 0.152. The minimum absolute atomic E-state index is 0.493. The van der Waals surface area contributed by atoms with Crippen molar-refractivity contribution in [3.05, 3.63) is 0 Å². The number of nitrogens with zero attached hydrogens (tertiary/aromatic N) is 1. The van der Waals surface area contributed by atoms with Gasteiger partial charge in [-0.2, -0.15) is 0 Å². The van der Waals surface area contributed by atoms with E-state index in [9.17, 15) is 0 Å². The van der Waals surface area contributed by atoms with Crippen LogP contribution in [-0.4, -0.2) is 36.6 Å². The van der Waals surface area contributed by atoms with Crippen LogP contribution in [-0.2, 0) is 0 Å². The van der Waals surface area contributed by atoms with Crippen LogP contribution < -0.4 is 5.32 Å². The number of hydrogen-bond acceptors (Lipinski definition) is 2. The second-order valence-electron chi connectivity index (χ2n) is 5.26. The zero-order valence-electron chi connectivity index (χ0n) is 11.7. The highest BCUT2D eigenvalue weighted by Gasteiger charge is 2.24. The first-order valence-electron chi connectivity index (χ1n) is 7.13. The molecule has 0 saturated carbocycles. The molecule has 0 aromatic rings. The second kappa shape index (κ2) is 7.74. The van der Waals surface area contributed by atoms with E-state index in [2.05, 4.69) is 36.9 Å². The van der Waals surface area contributed by atoms with Gasteiger partial charge in [0, 0.05) is 25.0 Å². The molecule has 3 atom stereocenters. The molecule has 1 heterocycles. The number of hydrogen-bond donors (Lipinski definition) is 1. The SMILES string of the molecule is C#CCC(CC)NC(C)C1CCCN(CC)C1. The van der Waals surface area contributed by atoms with E-state index in [0.717, 1.165) is 18.8 Å². The van der Waals surface area contributed by atoms with Gasteiger partial charge in [-0.1, -0.05) is 13.8 Å². The molecule has 0 aliphatic carbocycles. The molecule has 0 spiro atoms. The van der Waals surface area contributed by atoms with Crippen LogP contribution in [0.1, 0.15) is 46.5 Å². The van der Waals surface area contributed by atoms with Gasteiger partial charge in [0.25, 0.3) is 0 Å². The van der Waals surface area contributed by atoms with Crippen molar-refractivity contribution in [3.8, 4) is 12.3 Å². The Morgan fingerprint density at radius 2 is 2.24 bits per heavy atom. The highest BCUT2D eigenvalue weighted by molar-refractivity contribution is 4.91. The fourth-order valence-corrected chi connectivity index (χ4v) is 2.76. The van der Waals surface area contributed by atoms with Crippen molar-refractivity contribution in [2.45, 2.75) is 58.5 Å². The summed E-state index contributed by atoms with van der Waals surface area (Å²) in [5, 5.41) is 3.71. The van der Waals surface area contributed by atoms with E-state index in [4.69, 9.17) is 6.42 Å². The van der Waals surface area contributed by atoms with E-state index in [1.54, 1.807) is 0 Å². The molecule has 0 amide bonds. The highest BCUT2D eigenvalue weighted by atomic mass is 15.1. The van der Waals surface area contributed by atoms with Gasteiger partial charge in [0.15, 0.2) is 0 Å². The summed E-state index contributed by atoms with van der Waals surface area (Å²) in [6.45, 7) is 10.5. The summed E-state index contributed by atoms with van der Waals surface area (Å²) in [4.78, 5) is 2.56. The Balaban J connectivity index is 2.40. The molecule has 1 aliphatic heterocycles. The molecular weight excluding hydrogens is 208 g/mol. The van der Waals surface area contributed by atoms with Crippen molar-refractivity contribution >= 4 is 0 Å². The first kappa shape index (κ1) is 14.5. The average Bonchev–Trinajstić information content (AvgIpc) is 2.38. The van der Waals surface area contributed by atoms with E-state index in [-0.39, 0.29) is 0 Å². The van der Waals surface area contributed by atoms with Crippen LogP contribution in [0.15, 0.2) is 0 Å². The summed E-state index contributed by atoms with van der Waals surface area (Å²) < 4.78 is 0. The third-order valence-corrected chi connectivity index (χ3v) is 4.05. The van der Waals surface area contributed by atoms with Crippen molar-refractivity contribution < 1.29 is 0 Å². The van der Waals surface area contributed by atoms with Crippen LogP contribution in [0.3, 0.4) is 0 Å². The monoisotopic (exact) mass is 236 g/mol. The van der Waals surface area contributed by atoms with Crippen LogP contribution in [0.5, 0.6) is 0 Å². The lowest BCUT2D eigenvalue weighted by Gasteiger charge is -2.36. The highest BCUT2D eigenvalue weighted by Crippen LogP contribution is 2.20. The number of piperidine rings is 1. The summed E-state index contributed by atoms with van der Waals surface area (Å²) in [5.41, 5.74) is 0. The Morgan fingerprint density at radius 3 is 2.82 bits per heavy atom. The van der Waals surface area contributed by atoms with Gasteiger partial charge in [0.1, 0.15) is 0 Å². The van der Waals surface area contributed by atoms with Gasteiger partial charge in [-0.3, -0.25) is 0 Å². The Morgan fingerprint density at radius 1 is 1.47 bits per heavy atom. The smallest absolute Gasteiger partial charge is 0.0240 e. The molecule has 2 heteroatoms. The summed E-state index contributed by atoms with van der Waals surface area (Å²) >= 11 is 0. The molecule has 0 bridgehead atoms. The minimum atomic E-state index is 0.493. The molecule has 3 unspecified atom stereocenters. The van der Waals surface area contributed by atoms with Gasteiger partial charge in [0.2, 0.25) is 0 Å². The Hall–Kier alpha value is -0.520. The minimum Gasteiger partial charge on any atom is -0.310 e. The van der Waals surface area contributed by atoms with Crippen molar-refractivity contribution in [2.24, 2.45) is 5.92 Å². The summed E-state index contributed by atoms with van der Waals surface area (Å²) in [6, 6.07) is 1.08. The van der Waals surface area contributed by atoms with Gasteiger partial charge >= 0.3 is 0 Å². The third-order valence-electron chi connectivity index (χ3n) is 4.05. The molecule has 1 saturated heterocycles. The molecular formula is C15H28N2. The van der Waals surface area contributed by atoms with Gasteiger partial charge in [-0.25, -0.2) is 0 Å². The van der Waals surface area contributed by atoms with E-state index < -0.39 is 0 Å². The lowest BCUT2D eigenvalue weighted by Crippen LogP contribution is -2.47. The van der Waals surface area contributed by atoms with Crippen LogP contribution in [0.25, 0.3) is 0 Å². The molecule has 0 radical (unpaired) electrons. The Kier molecular flexibility index (Phi) is 6.62. The molecule has 17 heavy (non-hydrogen) atoms. The Labute approximate surface area is 107 Å². The molecule has 1 N–H and O–H groups in total. The maximum absolute atomic E-state index is 5.40. The van der Waals surface area contributed by atoms with Crippen molar-refractivity contribution in [1.82, 2.24) is 10.2 Å². The quantitative estimate of drug-likeness (QED) is 0.713. The number of nitrogens with one attached hydrogen (secondary N) is 1. The maximum atomic E-state index is 5.40. The fourth-order valence-electron chi connectivity index (χ4n) is 2.76. The van der Waals surface area contributed by atoms with Gasteiger partial charge in [0.05, 0.1) is 0 Å². The molecule has 98 valence electrons. The van der Waals surface area contributed by atoms with Gasteiger partial charge in [-0.05, 0) is 45.2 Å². The predicted octanol–water partition coefficient (Wildman–Crippen LogP) is 2.50. The summed E-state index contributed by atoms with van der Waals surface area (Å²) in [5.74, 6) is 3.56. The molecule has 1 aliphatic rings. The molecule has 1 rings (SSSR count). The third kappa shape index (κ3) is 4.69. The fraction of sp³-hybridized carbons (Fsp3) is 0.867. The Bertz CT molecular complexity index is 244. The molecule has 0 aromatic heterocycles. The number of rotatable bonds is 6. The standard InChI is InChI=1S/C15H28N2/c1-5-9-15(6-2)16-13(4)14-10-8-11-17(7-3)12-14/h1,13-16H,6-12H2,2-4H3. The number of terminal acetylenes is 1. The lowest BCUT2D eigenvalue weighted by atomic mass is 9.90. The van der Waals surface area contributed by atoms with Crippen LogP contribution >= 0.6 is 0 Å². The normalized spacial score (nSPS) is 25.2. The molecule has 0 aromatic carbocycles. The van der Waals surface area contributed by atoms with Crippen LogP contribution in [0.4, 0.5) is 0 Å². The first-order valence-corrected chi connectivity index (χ1v) is 7.13. The molecule has 1 fully saturated rings. The number of likely N-dealkylation sites (tertiary alicyclic amines) is 1. The average molecular weight is 236 g/mol. The van der Waals surface area contributed by atoms with E-state index in [1.807, 2.05) is 0 Å². The van der Waals surface area contributed by atoms with E-state index in [0.29, 0.717) is 12.1 Å². The van der Waals surface area contributed by atoms with Gasteiger partial charge < -0.3 is 10.2 Å². The predicted molar refractivity (Wildman–Crippen MR) is 75.0 cm³/mol. The van der Waals surface area contributed by atoms with E-state index in [1.165, 1.54) is 32.5 Å². The second-order valence-corrected chi connectivity index (χ2v) is 5.26. The maximum Gasteiger partial charge on any atom is 0.0240 e. The zero-order valence-corrected chi connectivity index (χ0v) is 11.7. The van der Waals surface area contributed by atoms with Crippen LogP contribution in [0.2, 0.25) is 0 Å². The topological polar surface area (TPSA) is 15.3 Å². The van der Waals surface area contributed by atoms with Crippen LogP contribution in [0, 0.1) is 18.3 Å². The molecule has 2 nitrogen and oxygen atoms in total. The largest absolute Gasteiger partial charge is 0.310 e. The summed E-state index contributed by atoms with van der Waals surface area (Å²) in [7, 11) is 0. The van der Waals surface area contributed by atoms with E-state index >= 15 is 0 Å². The summed E-state index contributed by atoms with van der Waals surface area (Å²) in [6.07, 6.45) is 10.1. The first-order chi connectivity index (χ1) is 8.21. The van der Waals surface area contributed by atoms with Gasteiger partial charge in [-0.15, -0.1) is 12.3 Å². The van der Waals surface area contributed by atoms with Crippen molar-refractivity contribution in [3.63, 3.8) is 0 Å². The zero-order chi connectivity index (χ0) is 12.7. The van der Waals surface area contributed by atoms with Crippen molar-refractivity contribution in [2.75, 3.05) is 19.6 Å². The van der Waals surface area contributed by atoms with Crippen molar-refractivity contribution in [1.29, 1.82) is 0 Å².